The van der Waals surface area contributed by atoms with Crippen molar-refractivity contribution in [3.8, 4) is 0 Å². The van der Waals surface area contributed by atoms with E-state index in [2.05, 4.69) is 65.3 Å². The molecular formula is C22H36N4O. The van der Waals surface area contributed by atoms with Crippen LogP contribution < -0.4 is 5.32 Å². The third-order valence-corrected chi connectivity index (χ3v) is 6.35. The van der Waals surface area contributed by atoms with Crippen molar-refractivity contribution in [1.82, 2.24) is 20.0 Å². The Morgan fingerprint density at radius 1 is 1.15 bits per heavy atom. The molecule has 1 aromatic rings. The number of rotatable bonds is 5. The molecule has 1 saturated heterocycles. The van der Waals surface area contributed by atoms with E-state index in [1.54, 1.807) is 0 Å². The maximum atomic E-state index is 13.2. The van der Waals surface area contributed by atoms with E-state index in [0.717, 1.165) is 39.0 Å². The lowest BCUT2D eigenvalue weighted by Gasteiger charge is -2.39. The van der Waals surface area contributed by atoms with Gasteiger partial charge in [0, 0.05) is 44.8 Å². The summed E-state index contributed by atoms with van der Waals surface area (Å²) in [4.78, 5) is 20.0. The first kappa shape index (κ1) is 20.2. The molecule has 2 fully saturated rings. The third-order valence-electron chi connectivity index (χ3n) is 6.35. The maximum absolute atomic E-state index is 13.2. The number of amides is 2. The van der Waals surface area contributed by atoms with Gasteiger partial charge in [-0.3, -0.25) is 4.90 Å². The molecule has 5 heteroatoms. The molecule has 1 atom stereocenters. The molecule has 1 saturated carbocycles. The lowest BCUT2D eigenvalue weighted by Crippen LogP contribution is -2.56. The molecule has 1 aliphatic carbocycles. The number of hydrogen-bond acceptors (Lipinski definition) is 3. The van der Waals surface area contributed by atoms with Crippen LogP contribution >= 0.6 is 0 Å². The Labute approximate surface area is 164 Å². The zero-order chi connectivity index (χ0) is 19.2. The fourth-order valence-corrected chi connectivity index (χ4v) is 4.36. The lowest BCUT2D eigenvalue weighted by molar-refractivity contribution is 0.108. The van der Waals surface area contributed by atoms with Crippen LogP contribution in [0.4, 0.5) is 4.79 Å². The van der Waals surface area contributed by atoms with E-state index in [1.165, 1.54) is 30.4 Å². The van der Waals surface area contributed by atoms with Gasteiger partial charge >= 0.3 is 6.03 Å². The van der Waals surface area contributed by atoms with Crippen LogP contribution in [0, 0.1) is 6.92 Å². The van der Waals surface area contributed by atoms with Gasteiger partial charge in [-0.15, -0.1) is 0 Å². The average Bonchev–Trinajstić information content (AvgIpc) is 2.68. The summed E-state index contributed by atoms with van der Waals surface area (Å²) < 4.78 is 0. The molecule has 0 aromatic heterocycles. The van der Waals surface area contributed by atoms with E-state index in [1.807, 2.05) is 0 Å². The molecule has 0 spiro atoms. The van der Waals surface area contributed by atoms with Crippen LogP contribution in [0.15, 0.2) is 24.3 Å². The number of urea groups is 1. The van der Waals surface area contributed by atoms with Gasteiger partial charge in [0.2, 0.25) is 0 Å². The fraction of sp³-hybridized carbons (Fsp3) is 0.682. The lowest BCUT2D eigenvalue weighted by atomic mass is 9.93. The minimum absolute atomic E-state index is 0.103. The predicted molar refractivity (Wildman–Crippen MR) is 111 cm³/mol. The highest BCUT2D eigenvalue weighted by Gasteiger charge is 2.28. The topological polar surface area (TPSA) is 38.8 Å². The van der Waals surface area contributed by atoms with Gasteiger partial charge in [0.15, 0.2) is 0 Å². The summed E-state index contributed by atoms with van der Waals surface area (Å²) in [5.74, 6) is 0. The summed E-state index contributed by atoms with van der Waals surface area (Å²) in [6, 6.07) is 9.29. The maximum Gasteiger partial charge on any atom is 0.318 e. The summed E-state index contributed by atoms with van der Waals surface area (Å²) in [5, 5.41) is 3.26. The number of carbonyl (C=O) groups excluding carboxylic acids is 1. The van der Waals surface area contributed by atoms with Gasteiger partial charge in [0.1, 0.15) is 0 Å². The van der Waals surface area contributed by atoms with Crippen LogP contribution in [0.3, 0.4) is 0 Å². The number of likely N-dealkylation sites (N-methyl/N-ethyl adjacent to an activating group) is 2. The van der Waals surface area contributed by atoms with Crippen molar-refractivity contribution in [3.05, 3.63) is 35.4 Å². The second-order valence-corrected chi connectivity index (χ2v) is 8.43. The Balaban J connectivity index is 1.65. The molecule has 1 heterocycles. The third kappa shape index (κ3) is 5.45. The van der Waals surface area contributed by atoms with Gasteiger partial charge in [-0.2, -0.15) is 0 Å². The highest BCUT2D eigenvalue weighted by atomic mass is 16.2. The second kappa shape index (κ2) is 9.56. The predicted octanol–water partition coefficient (Wildman–Crippen LogP) is 3.09. The number of piperazine rings is 1. The Kier molecular flexibility index (Phi) is 7.13. The van der Waals surface area contributed by atoms with E-state index >= 15 is 0 Å². The van der Waals surface area contributed by atoms with Crippen molar-refractivity contribution in [1.29, 1.82) is 0 Å². The zero-order valence-electron chi connectivity index (χ0n) is 17.3. The van der Waals surface area contributed by atoms with Gasteiger partial charge in [0.05, 0.1) is 0 Å². The molecular weight excluding hydrogens is 336 g/mol. The van der Waals surface area contributed by atoms with Crippen molar-refractivity contribution in [2.75, 3.05) is 40.3 Å². The van der Waals surface area contributed by atoms with Gasteiger partial charge in [0.25, 0.3) is 0 Å². The molecule has 3 rings (SSSR count). The van der Waals surface area contributed by atoms with Crippen molar-refractivity contribution in [3.63, 3.8) is 0 Å². The highest BCUT2D eigenvalue weighted by molar-refractivity contribution is 5.74. The van der Waals surface area contributed by atoms with Crippen LogP contribution in [-0.4, -0.2) is 73.1 Å². The van der Waals surface area contributed by atoms with Gasteiger partial charge < -0.3 is 15.1 Å². The largest absolute Gasteiger partial charge is 0.336 e. The van der Waals surface area contributed by atoms with Crippen LogP contribution in [0.5, 0.6) is 0 Å². The Morgan fingerprint density at radius 2 is 1.89 bits per heavy atom. The molecule has 0 radical (unpaired) electrons. The Hall–Kier alpha value is -1.59. The normalized spacial score (nSPS) is 22.6. The Morgan fingerprint density at radius 3 is 2.63 bits per heavy atom. The van der Waals surface area contributed by atoms with Gasteiger partial charge in [-0.05, 0) is 45.0 Å². The number of nitrogens with one attached hydrogen (secondary N) is 1. The van der Waals surface area contributed by atoms with E-state index < -0.39 is 0 Å². The summed E-state index contributed by atoms with van der Waals surface area (Å²) >= 11 is 0. The van der Waals surface area contributed by atoms with E-state index in [4.69, 9.17) is 0 Å². The van der Waals surface area contributed by atoms with E-state index in [0.29, 0.717) is 18.6 Å². The number of carbonyl (C=O) groups is 1. The molecule has 2 aliphatic rings. The first-order chi connectivity index (χ1) is 13.0. The summed E-state index contributed by atoms with van der Waals surface area (Å²) in [7, 11) is 4.32. The van der Waals surface area contributed by atoms with Crippen LogP contribution in [-0.2, 0) is 6.54 Å². The van der Waals surface area contributed by atoms with Crippen LogP contribution in [0.1, 0.15) is 43.2 Å². The zero-order valence-corrected chi connectivity index (χ0v) is 17.3. The number of hydrogen-bond donors (Lipinski definition) is 1. The standard InChI is InChI=1S/C22H36N4O/c1-18-9-7-8-10-19(18)16-26(20-11-5-4-6-12-20)22(27)23-15-21-17-24(2)13-14-25(21)3/h7-10,20-21H,4-6,11-17H2,1-3H3,(H,23,27). The first-order valence-corrected chi connectivity index (χ1v) is 10.5. The SMILES string of the molecule is Cc1ccccc1CN(C(=O)NCC1CN(C)CCN1C)C1CCCCC1. The van der Waals surface area contributed by atoms with E-state index in [-0.39, 0.29) is 6.03 Å². The molecule has 0 bridgehead atoms. The number of nitrogens with zero attached hydrogens (tertiary/aromatic N) is 3. The minimum atomic E-state index is 0.103. The Bertz CT molecular complexity index is 614. The molecule has 1 unspecified atom stereocenters. The molecule has 2 amide bonds. The highest BCUT2D eigenvalue weighted by Crippen LogP contribution is 2.25. The average molecular weight is 373 g/mol. The molecule has 1 aliphatic heterocycles. The smallest absolute Gasteiger partial charge is 0.318 e. The van der Waals surface area contributed by atoms with Crippen molar-refractivity contribution < 1.29 is 4.79 Å². The van der Waals surface area contributed by atoms with Crippen LogP contribution in [0.2, 0.25) is 0 Å². The molecule has 27 heavy (non-hydrogen) atoms. The number of aryl methyl sites for hydroxylation is 1. The van der Waals surface area contributed by atoms with Gasteiger partial charge in [-0.25, -0.2) is 4.79 Å². The van der Waals surface area contributed by atoms with Crippen LogP contribution in [0.25, 0.3) is 0 Å². The van der Waals surface area contributed by atoms with E-state index in [9.17, 15) is 4.79 Å². The number of benzene rings is 1. The quantitative estimate of drug-likeness (QED) is 0.863. The summed E-state index contributed by atoms with van der Waals surface area (Å²) in [6.07, 6.45) is 6.03. The summed E-state index contributed by atoms with van der Waals surface area (Å²) in [6.45, 7) is 6.74. The molecule has 1 aromatic carbocycles. The monoisotopic (exact) mass is 372 g/mol. The second-order valence-electron chi connectivity index (χ2n) is 8.43. The van der Waals surface area contributed by atoms with Crippen molar-refractivity contribution in [2.45, 2.75) is 57.7 Å². The molecule has 150 valence electrons. The molecule has 1 N–H and O–H groups in total. The van der Waals surface area contributed by atoms with Crippen molar-refractivity contribution >= 4 is 6.03 Å². The fourth-order valence-electron chi connectivity index (χ4n) is 4.36. The summed E-state index contributed by atoms with van der Waals surface area (Å²) in [5.41, 5.74) is 2.52. The van der Waals surface area contributed by atoms with Crippen molar-refractivity contribution in [2.24, 2.45) is 0 Å². The first-order valence-electron chi connectivity index (χ1n) is 10.5. The van der Waals surface area contributed by atoms with Gasteiger partial charge in [-0.1, -0.05) is 43.5 Å². The molecule has 5 nitrogen and oxygen atoms in total. The minimum Gasteiger partial charge on any atom is -0.336 e.